The molecule has 2 aromatic heterocycles. The van der Waals surface area contributed by atoms with E-state index in [-0.39, 0.29) is 5.56 Å². The van der Waals surface area contributed by atoms with E-state index in [0.29, 0.717) is 11.7 Å². The number of aromatic nitrogens is 3. The first-order valence-electron chi connectivity index (χ1n) is 6.55. The number of carbonyl (C=O) groups is 1. The minimum Gasteiger partial charge on any atom is -0.478 e. The van der Waals surface area contributed by atoms with Crippen LogP contribution in [-0.2, 0) is 6.42 Å². The number of fused-ring (bicyclic) bond motifs is 1. The van der Waals surface area contributed by atoms with Crippen LogP contribution in [0.15, 0.2) is 18.3 Å². The summed E-state index contributed by atoms with van der Waals surface area (Å²) in [6.07, 6.45) is 6.19. The van der Waals surface area contributed by atoms with Gasteiger partial charge in [0.2, 0.25) is 0 Å². The highest BCUT2D eigenvalue weighted by atomic mass is 16.4. The highest BCUT2D eigenvalue weighted by Gasteiger charge is 2.18. The molecule has 1 atom stereocenters. The van der Waals surface area contributed by atoms with Gasteiger partial charge in [0, 0.05) is 18.7 Å². The molecule has 2 N–H and O–H groups in total. The third-order valence-electron chi connectivity index (χ3n) is 3.58. The molecule has 1 saturated heterocycles. The first-order valence-corrected chi connectivity index (χ1v) is 6.55. The zero-order valence-corrected chi connectivity index (χ0v) is 10.5. The van der Waals surface area contributed by atoms with Crippen molar-refractivity contribution in [3.05, 3.63) is 29.7 Å². The van der Waals surface area contributed by atoms with E-state index in [1.54, 1.807) is 16.5 Å². The van der Waals surface area contributed by atoms with Gasteiger partial charge in [-0.25, -0.2) is 4.79 Å². The molecule has 1 aliphatic rings. The van der Waals surface area contributed by atoms with Gasteiger partial charge in [-0.3, -0.25) is 4.40 Å². The van der Waals surface area contributed by atoms with E-state index in [0.717, 1.165) is 25.2 Å². The van der Waals surface area contributed by atoms with Crippen molar-refractivity contribution in [2.45, 2.75) is 31.7 Å². The Kier molecular flexibility index (Phi) is 3.16. The summed E-state index contributed by atoms with van der Waals surface area (Å²) in [4.78, 5) is 11.1. The van der Waals surface area contributed by atoms with Crippen LogP contribution in [0.3, 0.4) is 0 Å². The second kappa shape index (κ2) is 4.97. The van der Waals surface area contributed by atoms with Gasteiger partial charge in [-0.2, -0.15) is 0 Å². The number of rotatable bonds is 3. The van der Waals surface area contributed by atoms with Crippen LogP contribution in [0, 0.1) is 0 Å². The Bertz CT molecular complexity index is 602. The lowest BCUT2D eigenvalue weighted by Gasteiger charge is -2.22. The van der Waals surface area contributed by atoms with Crippen molar-refractivity contribution in [2.75, 3.05) is 6.54 Å². The van der Waals surface area contributed by atoms with Gasteiger partial charge in [0.25, 0.3) is 0 Å². The van der Waals surface area contributed by atoms with Gasteiger partial charge in [0.1, 0.15) is 11.4 Å². The third kappa shape index (κ3) is 2.31. The minimum absolute atomic E-state index is 0.192. The summed E-state index contributed by atoms with van der Waals surface area (Å²) in [5, 5.41) is 20.7. The highest BCUT2D eigenvalue weighted by Crippen LogP contribution is 2.14. The van der Waals surface area contributed by atoms with Crippen molar-refractivity contribution in [3.8, 4) is 0 Å². The van der Waals surface area contributed by atoms with E-state index in [1.165, 1.54) is 12.8 Å². The van der Waals surface area contributed by atoms with Crippen LogP contribution >= 0.6 is 0 Å². The van der Waals surface area contributed by atoms with Crippen molar-refractivity contribution >= 4 is 11.6 Å². The normalized spacial score (nSPS) is 19.7. The third-order valence-corrected chi connectivity index (χ3v) is 3.58. The molecule has 1 aliphatic heterocycles. The summed E-state index contributed by atoms with van der Waals surface area (Å²) in [5.74, 6) is -0.155. The summed E-state index contributed by atoms with van der Waals surface area (Å²) < 4.78 is 1.78. The quantitative estimate of drug-likeness (QED) is 0.864. The fraction of sp³-hybridized carbons (Fsp3) is 0.462. The number of carboxylic acid groups (broad SMARTS) is 1. The van der Waals surface area contributed by atoms with Gasteiger partial charge < -0.3 is 10.4 Å². The molecule has 0 bridgehead atoms. The SMILES string of the molecule is O=C(O)c1cccn2c(CC3CCCCN3)nnc12. The van der Waals surface area contributed by atoms with E-state index in [9.17, 15) is 4.79 Å². The highest BCUT2D eigenvalue weighted by molar-refractivity contribution is 5.94. The van der Waals surface area contributed by atoms with E-state index in [4.69, 9.17) is 5.11 Å². The number of hydrogen-bond donors (Lipinski definition) is 2. The second-order valence-corrected chi connectivity index (χ2v) is 4.89. The molecule has 19 heavy (non-hydrogen) atoms. The van der Waals surface area contributed by atoms with E-state index >= 15 is 0 Å². The Labute approximate surface area is 110 Å². The zero-order valence-electron chi connectivity index (χ0n) is 10.5. The van der Waals surface area contributed by atoms with Gasteiger partial charge in [-0.1, -0.05) is 6.42 Å². The standard InChI is InChI=1S/C13H16N4O2/c18-13(19)10-5-3-7-17-11(15-16-12(10)17)8-9-4-1-2-6-14-9/h3,5,7,9,14H,1-2,4,6,8H2,(H,18,19). The lowest BCUT2D eigenvalue weighted by Crippen LogP contribution is -2.36. The Morgan fingerprint density at radius 3 is 3.11 bits per heavy atom. The Balaban J connectivity index is 1.92. The fourth-order valence-corrected chi connectivity index (χ4v) is 2.59. The van der Waals surface area contributed by atoms with E-state index in [1.807, 2.05) is 6.20 Å². The molecule has 1 unspecified atom stereocenters. The summed E-state index contributed by atoms with van der Waals surface area (Å²) in [6, 6.07) is 3.68. The molecular formula is C13H16N4O2. The van der Waals surface area contributed by atoms with Gasteiger partial charge >= 0.3 is 5.97 Å². The molecule has 2 aromatic rings. The molecule has 3 heterocycles. The van der Waals surface area contributed by atoms with Crippen LogP contribution in [-0.4, -0.2) is 38.3 Å². The smallest absolute Gasteiger partial charge is 0.339 e. The number of hydrogen-bond acceptors (Lipinski definition) is 4. The van der Waals surface area contributed by atoms with Crippen LogP contribution in [0.5, 0.6) is 0 Å². The lowest BCUT2D eigenvalue weighted by molar-refractivity contribution is 0.0698. The lowest BCUT2D eigenvalue weighted by atomic mass is 10.0. The van der Waals surface area contributed by atoms with E-state index < -0.39 is 5.97 Å². The van der Waals surface area contributed by atoms with Gasteiger partial charge in [-0.05, 0) is 31.5 Å². The molecule has 0 aromatic carbocycles. The number of nitrogens with one attached hydrogen (secondary N) is 1. The molecular weight excluding hydrogens is 244 g/mol. The molecule has 0 spiro atoms. The number of pyridine rings is 1. The van der Waals surface area contributed by atoms with Crippen molar-refractivity contribution in [2.24, 2.45) is 0 Å². The Morgan fingerprint density at radius 1 is 1.47 bits per heavy atom. The molecule has 6 nitrogen and oxygen atoms in total. The maximum Gasteiger partial charge on any atom is 0.339 e. The molecule has 100 valence electrons. The molecule has 6 heteroatoms. The molecule has 0 aliphatic carbocycles. The van der Waals surface area contributed by atoms with Crippen LogP contribution in [0.25, 0.3) is 5.65 Å². The summed E-state index contributed by atoms with van der Waals surface area (Å²) >= 11 is 0. The fourth-order valence-electron chi connectivity index (χ4n) is 2.59. The minimum atomic E-state index is -0.972. The molecule has 3 rings (SSSR count). The van der Waals surface area contributed by atoms with Gasteiger partial charge in [-0.15, -0.1) is 10.2 Å². The van der Waals surface area contributed by atoms with Crippen LogP contribution < -0.4 is 5.32 Å². The molecule has 1 fully saturated rings. The maximum atomic E-state index is 11.1. The van der Waals surface area contributed by atoms with Crippen molar-refractivity contribution in [1.29, 1.82) is 0 Å². The average Bonchev–Trinajstić information content (AvgIpc) is 2.83. The summed E-state index contributed by atoms with van der Waals surface area (Å²) in [5.41, 5.74) is 0.610. The topological polar surface area (TPSA) is 79.5 Å². The van der Waals surface area contributed by atoms with Crippen molar-refractivity contribution < 1.29 is 9.90 Å². The van der Waals surface area contributed by atoms with Crippen LogP contribution in [0.2, 0.25) is 0 Å². The Hall–Kier alpha value is -1.95. The van der Waals surface area contributed by atoms with Crippen molar-refractivity contribution in [3.63, 3.8) is 0 Å². The van der Waals surface area contributed by atoms with Gasteiger partial charge in [0.15, 0.2) is 5.65 Å². The zero-order chi connectivity index (χ0) is 13.2. The molecule has 0 radical (unpaired) electrons. The monoisotopic (exact) mass is 260 g/mol. The predicted octanol–water partition coefficient (Wildman–Crippen LogP) is 1.11. The largest absolute Gasteiger partial charge is 0.478 e. The average molecular weight is 260 g/mol. The number of carboxylic acids is 1. The predicted molar refractivity (Wildman–Crippen MR) is 69.3 cm³/mol. The van der Waals surface area contributed by atoms with Crippen molar-refractivity contribution in [1.82, 2.24) is 19.9 Å². The summed E-state index contributed by atoms with van der Waals surface area (Å²) in [6.45, 7) is 1.04. The van der Waals surface area contributed by atoms with E-state index in [2.05, 4.69) is 15.5 Å². The first-order chi connectivity index (χ1) is 9.25. The molecule has 0 saturated carbocycles. The summed E-state index contributed by atoms with van der Waals surface area (Å²) in [7, 11) is 0. The number of aromatic carboxylic acids is 1. The first kappa shape index (κ1) is 12.1. The number of piperidine rings is 1. The van der Waals surface area contributed by atoms with Gasteiger partial charge in [0.05, 0.1) is 0 Å². The maximum absolute atomic E-state index is 11.1. The Morgan fingerprint density at radius 2 is 2.37 bits per heavy atom. The van der Waals surface area contributed by atoms with Crippen LogP contribution in [0.4, 0.5) is 0 Å². The second-order valence-electron chi connectivity index (χ2n) is 4.89. The number of nitrogens with zero attached hydrogens (tertiary/aromatic N) is 3. The van der Waals surface area contributed by atoms with Crippen LogP contribution in [0.1, 0.15) is 35.4 Å². The molecule has 0 amide bonds.